The van der Waals surface area contributed by atoms with Gasteiger partial charge >= 0.3 is 12.1 Å². The number of methoxy groups -OCH3 is 1. The molecule has 0 aliphatic heterocycles. The van der Waals surface area contributed by atoms with Gasteiger partial charge in [0, 0.05) is 3.57 Å². The van der Waals surface area contributed by atoms with Crippen molar-refractivity contribution >= 4 is 28.6 Å². The third-order valence-electron chi connectivity index (χ3n) is 3.20. The van der Waals surface area contributed by atoms with Crippen molar-refractivity contribution in [3.63, 3.8) is 0 Å². The maximum atomic E-state index is 13.1. The number of benzene rings is 1. The number of carbonyl (C=O) groups is 1. The number of halogens is 4. The Balaban J connectivity index is 2.50. The monoisotopic (exact) mass is 384 g/mol. The fourth-order valence-corrected chi connectivity index (χ4v) is 2.67. The summed E-state index contributed by atoms with van der Waals surface area (Å²) in [5, 5.41) is 0. The number of rotatable bonds is 3. The minimum absolute atomic E-state index is 0.0299. The van der Waals surface area contributed by atoms with E-state index in [1.807, 2.05) is 22.6 Å². The predicted octanol–water partition coefficient (Wildman–Crippen LogP) is 3.98. The van der Waals surface area contributed by atoms with Crippen molar-refractivity contribution in [1.29, 1.82) is 0 Å². The number of alkyl halides is 3. The van der Waals surface area contributed by atoms with E-state index in [1.165, 1.54) is 13.2 Å². The summed E-state index contributed by atoms with van der Waals surface area (Å²) < 4.78 is 44.4. The minimum Gasteiger partial charge on any atom is -0.469 e. The van der Waals surface area contributed by atoms with Crippen LogP contribution >= 0.6 is 22.6 Å². The molecule has 1 aliphatic carbocycles. The molecule has 1 aromatic carbocycles. The van der Waals surface area contributed by atoms with Crippen molar-refractivity contribution in [3.05, 3.63) is 32.9 Å². The van der Waals surface area contributed by atoms with Crippen molar-refractivity contribution in [1.82, 2.24) is 0 Å². The molecule has 0 radical (unpaired) electrons. The Morgan fingerprint density at radius 3 is 2.53 bits per heavy atom. The van der Waals surface area contributed by atoms with Gasteiger partial charge in [-0.25, -0.2) is 0 Å². The molecule has 1 atom stereocenters. The van der Waals surface area contributed by atoms with Gasteiger partial charge in [-0.3, -0.25) is 4.79 Å². The van der Waals surface area contributed by atoms with Gasteiger partial charge in [-0.1, -0.05) is 6.07 Å². The molecule has 1 fully saturated rings. The van der Waals surface area contributed by atoms with Crippen LogP contribution in [0.25, 0.3) is 0 Å². The molecule has 0 amide bonds. The zero-order valence-corrected chi connectivity index (χ0v) is 12.3. The molecular formula is C13H12F3IO2. The molecule has 0 bridgehead atoms. The van der Waals surface area contributed by atoms with E-state index in [2.05, 4.69) is 4.74 Å². The van der Waals surface area contributed by atoms with E-state index in [0.29, 0.717) is 3.57 Å². The first-order chi connectivity index (χ1) is 8.84. The Morgan fingerprint density at radius 1 is 1.42 bits per heavy atom. The predicted molar refractivity (Wildman–Crippen MR) is 71.6 cm³/mol. The Labute approximate surface area is 122 Å². The molecule has 2 rings (SSSR count). The van der Waals surface area contributed by atoms with E-state index in [1.54, 1.807) is 6.07 Å². The minimum atomic E-state index is -4.46. The average Bonchev–Trinajstić information content (AvgIpc) is 3.14. The summed E-state index contributed by atoms with van der Waals surface area (Å²) in [6.45, 7) is 0. The Kier molecular flexibility index (Phi) is 4.08. The average molecular weight is 384 g/mol. The van der Waals surface area contributed by atoms with E-state index in [-0.39, 0.29) is 11.5 Å². The Hall–Kier alpha value is -0.790. The van der Waals surface area contributed by atoms with Crippen LogP contribution in [0.3, 0.4) is 0 Å². The molecule has 1 aromatic rings. The molecule has 0 aromatic heterocycles. The molecule has 1 aliphatic rings. The zero-order chi connectivity index (χ0) is 14.2. The number of carbonyl (C=O) groups excluding carboxylic acids is 1. The molecule has 0 spiro atoms. The maximum Gasteiger partial charge on any atom is 0.416 e. The summed E-state index contributed by atoms with van der Waals surface area (Å²) in [7, 11) is 1.21. The lowest BCUT2D eigenvalue weighted by Crippen LogP contribution is -2.21. The fourth-order valence-electron chi connectivity index (χ4n) is 2.18. The molecule has 0 heterocycles. The van der Waals surface area contributed by atoms with Crippen molar-refractivity contribution in [3.8, 4) is 0 Å². The first-order valence-corrected chi connectivity index (χ1v) is 6.87. The third-order valence-corrected chi connectivity index (χ3v) is 3.88. The van der Waals surface area contributed by atoms with Gasteiger partial charge in [-0.05, 0) is 59.0 Å². The first kappa shape index (κ1) is 14.6. The van der Waals surface area contributed by atoms with Crippen LogP contribution in [-0.4, -0.2) is 13.1 Å². The van der Waals surface area contributed by atoms with Crippen molar-refractivity contribution in [2.75, 3.05) is 7.11 Å². The van der Waals surface area contributed by atoms with Crippen molar-refractivity contribution in [2.24, 2.45) is 5.92 Å². The molecule has 19 heavy (non-hydrogen) atoms. The SMILES string of the molecule is COC(=O)C(c1ccc(I)cc1C(F)(F)F)C1CC1. The van der Waals surface area contributed by atoms with E-state index >= 15 is 0 Å². The second-order valence-corrected chi connectivity index (χ2v) is 5.81. The van der Waals surface area contributed by atoms with Crippen LogP contribution < -0.4 is 0 Å². The van der Waals surface area contributed by atoms with Gasteiger partial charge in [0.25, 0.3) is 0 Å². The van der Waals surface area contributed by atoms with Gasteiger partial charge in [-0.2, -0.15) is 13.2 Å². The highest BCUT2D eigenvalue weighted by atomic mass is 127. The number of ether oxygens (including phenoxy) is 1. The molecule has 104 valence electrons. The van der Waals surface area contributed by atoms with E-state index in [0.717, 1.165) is 18.9 Å². The normalized spacial score (nSPS) is 17.1. The van der Waals surface area contributed by atoms with Gasteiger partial charge in [-0.15, -0.1) is 0 Å². The number of hydrogen-bond acceptors (Lipinski definition) is 2. The van der Waals surface area contributed by atoms with Gasteiger partial charge in [0.15, 0.2) is 0 Å². The lowest BCUT2D eigenvalue weighted by molar-refractivity contribution is -0.144. The van der Waals surface area contributed by atoms with Gasteiger partial charge < -0.3 is 4.74 Å². The summed E-state index contributed by atoms with van der Waals surface area (Å²) in [6, 6.07) is 4.06. The second kappa shape index (κ2) is 5.30. The molecule has 6 heteroatoms. The van der Waals surface area contributed by atoms with Gasteiger partial charge in [0.05, 0.1) is 18.6 Å². The number of esters is 1. The largest absolute Gasteiger partial charge is 0.469 e. The fraction of sp³-hybridized carbons (Fsp3) is 0.462. The van der Waals surface area contributed by atoms with Crippen LogP contribution in [0.5, 0.6) is 0 Å². The Morgan fingerprint density at radius 2 is 2.05 bits per heavy atom. The van der Waals surface area contributed by atoms with Gasteiger partial charge in [0.2, 0.25) is 0 Å². The zero-order valence-electron chi connectivity index (χ0n) is 10.1. The second-order valence-electron chi connectivity index (χ2n) is 4.57. The summed E-state index contributed by atoms with van der Waals surface area (Å²) in [6.07, 6.45) is -2.93. The topological polar surface area (TPSA) is 26.3 Å². The van der Waals surface area contributed by atoms with E-state index in [4.69, 9.17) is 0 Å². The molecule has 2 nitrogen and oxygen atoms in total. The quantitative estimate of drug-likeness (QED) is 0.582. The summed E-state index contributed by atoms with van der Waals surface area (Å²) in [4.78, 5) is 11.8. The Bertz CT molecular complexity index is 495. The van der Waals surface area contributed by atoms with Gasteiger partial charge in [0.1, 0.15) is 0 Å². The lowest BCUT2D eigenvalue weighted by Gasteiger charge is -2.20. The summed E-state index contributed by atoms with van der Waals surface area (Å²) in [5.41, 5.74) is -0.705. The molecule has 0 N–H and O–H groups in total. The standard InChI is InChI=1S/C13H12F3IO2/c1-19-12(18)11(7-2-3-7)9-5-4-8(17)6-10(9)13(14,15)16/h4-7,11H,2-3H2,1H3. The maximum absolute atomic E-state index is 13.1. The smallest absolute Gasteiger partial charge is 0.416 e. The van der Waals surface area contributed by atoms with Crippen LogP contribution in [0.15, 0.2) is 18.2 Å². The van der Waals surface area contributed by atoms with Crippen molar-refractivity contribution in [2.45, 2.75) is 24.9 Å². The first-order valence-electron chi connectivity index (χ1n) is 5.79. The van der Waals surface area contributed by atoms with Crippen LogP contribution in [0.1, 0.15) is 29.9 Å². The van der Waals surface area contributed by atoms with Crippen LogP contribution in [-0.2, 0) is 15.7 Å². The molecule has 0 saturated heterocycles. The third kappa shape index (κ3) is 3.21. The molecule has 1 unspecified atom stereocenters. The highest BCUT2D eigenvalue weighted by molar-refractivity contribution is 14.1. The molecule has 1 saturated carbocycles. The highest BCUT2D eigenvalue weighted by Crippen LogP contribution is 2.47. The van der Waals surface area contributed by atoms with Crippen molar-refractivity contribution < 1.29 is 22.7 Å². The van der Waals surface area contributed by atoms with Crippen LogP contribution in [0.2, 0.25) is 0 Å². The lowest BCUT2D eigenvalue weighted by atomic mass is 9.90. The van der Waals surface area contributed by atoms with Crippen LogP contribution in [0.4, 0.5) is 13.2 Å². The number of hydrogen-bond donors (Lipinski definition) is 0. The summed E-state index contributed by atoms with van der Waals surface area (Å²) in [5.74, 6) is -1.43. The van der Waals surface area contributed by atoms with Crippen LogP contribution in [0, 0.1) is 9.49 Å². The molecular weight excluding hydrogens is 372 g/mol. The van der Waals surface area contributed by atoms with E-state index < -0.39 is 23.6 Å². The van der Waals surface area contributed by atoms with E-state index in [9.17, 15) is 18.0 Å². The highest BCUT2D eigenvalue weighted by Gasteiger charge is 2.43. The summed E-state index contributed by atoms with van der Waals surface area (Å²) >= 11 is 1.83.